The van der Waals surface area contributed by atoms with Gasteiger partial charge in [-0.25, -0.2) is 0 Å². The highest BCUT2D eigenvalue weighted by atomic mass is 79.9. The molecule has 1 aromatic heterocycles. The Morgan fingerprint density at radius 3 is 2.73 bits per heavy atom. The lowest BCUT2D eigenvalue weighted by atomic mass is 10.2. The van der Waals surface area contributed by atoms with Gasteiger partial charge in [0.25, 0.3) is 0 Å². The lowest BCUT2D eigenvalue weighted by Gasteiger charge is -2.23. The van der Waals surface area contributed by atoms with E-state index in [1.54, 1.807) is 18.4 Å². The van der Waals surface area contributed by atoms with Crippen molar-refractivity contribution in [2.24, 2.45) is 0 Å². The highest BCUT2D eigenvalue weighted by molar-refractivity contribution is 9.11. The van der Waals surface area contributed by atoms with Crippen LogP contribution in [0.4, 0.5) is 5.69 Å². The first-order valence-electron chi connectivity index (χ1n) is 6.89. The summed E-state index contributed by atoms with van der Waals surface area (Å²) in [7, 11) is 3.54. The molecule has 0 radical (unpaired) electrons. The van der Waals surface area contributed by atoms with Crippen molar-refractivity contribution in [3.8, 4) is 5.75 Å². The minimum absolute atomic E-state index is 0.0531. The van der Waals surface area contributed by atoms with E-state index in [0.29, 0.717) is 11.4 Å². The zero-order valence-corrected chi connectivity index (χ0v) is 15.2. The number of carbonyl (C=O) groups is 1. The van der Waals surface area contributed by atoms with Crippen LogP contribution in [0.15, 0.2) is 40.2 Å². The largest absolute Gasteiger partial charge is 0.495 e. The normalized spacial score (nSPS) is 12.2. The van der Waals surface area contributed by atoms with Gasteiger partial charge >= 0.3 is 0 Å². The Kier molecular flexibility index (Phi) is 5.99. The molecule has 1 N–H and O–H groups in total. The van der Waals surface area contributed by atoms with Gasteiger partial charge in [0.2, 0.25) is 5.91 Å². The number of hydrogen-bond donors (Lipinski definition) is 1. The molecule has 0 bridgehead atoms. The van der Waals surface area contributed by atoms with Gasteiger partial charge in [0, 0.05) is 11.4 Å². The number of likely N-dealkylation sites (N-methyl/N-ethyl adjacent to an activating group) is 1. The summed E-state index contributed by atoms with van der Waals surface area (Å²) in [5.41, 5.74) is 0.689. The number of halogens is 1. The number of benzene rings is 1. The first-order valence-corrected chi connectivity index (χ1v) is 8.50. The quantitative estimate of drug-likeness (QED) is 0.821. The Labute approximate surface area is 143 Å². The van der Waals surface area contributed by atoms with E-state index in [2.05, 4.69) is 27.3 Å². The molecule has 0 unspecified atom stereocenters. The van der Waals surface area contributed by atoms with Gasteiger partial charge in [-0.05, 0) is 54.2 Å². The van der Waals surface area contributed by atoms with E-state index in [1.165, 1.54) is 4.88 Å². The molecule has 1 amide bonds. The number of hydrogen-bond acceptors (Lipinski definition) is 4. The van der Waals surface area contributed by atoms with Crippen LogP contribution in [0.1, 0.15) is 11.8 Å². The summed E-state index contributed by atoms with van der Waals surface area (Å²) < 4.78 is 6.35. The number of ether oxygens (including phenoxy) is 1. The summed E-state index contributed by atoms with van der Waals surface area (Å²) in [5, 5.41) is 2.92. The maximum Gasteiger partial charge on any atom is 0.241 e. The Hall–Kier alpha value is -1.37. The van der Waals surface area contributed by atoms with Crippen LogP contribution >= 0.6 is 27.3 Å². The highest BCUT2D eigenvalue weighted by Gasteiger charge is 2.19. The zero-order chi connectivity index (χ0) is 16.1. The molecule has 0 aliphatic heterocycles. The Bertz CT molecular complexity index is 645. The molecule has 0 spiro atoms. The van der Waals surface area contributed by atoms with Crippen molar-refractivity contribution in [3.05, 3.63) is 45.1 Å². The van der Waals surface area contributed by atoms with Crippen LogP contribution < -0.4 is 10.1 Å². The number of carbonyl (C=O) groups excluding carboxylic acids is 1. The Morgan fingerprint density at radius 2 is 2.09 bits per heavy atom. The monoisotopic (exact) mass is 382 g/mol. The lowest BCUT2D eigenvalue weighted by Crippen LogP contribution is -2.39. The first kappa shape index (κ1) is 17.0. The topological polar surface area (TPSA) is 41.6 Å². The van der Waals surface area contributed by atoms with Crippen molar-refractivity contribution in [2.45, 2.75) is 19.5 Å². The summed E-state index contributed by atoms with van der Waals surface area (Å²) >= 11 is 5.13. The maximum atomic E-state index is 12.4. The summed E-state index contributed by atoms with van der Waals surface area (Å²) in [6.45, 7) is 2.63. The van der Waals surface area contributed by atoms with Crippen LogP contribution in [0.3, 0.4) is 0 Å². The lowest BCUT2D eigenvalue weighted by molar-refractivity contribution is -0.120. The molecule has 1 atom stereocenters. The third kappa shape index (κ3) is 4.32. The van der Waals surface area contributed by atoms with Gasteiger partial charge in [-0.1, -0.05) is 12.1 Å². The third-order valence-corrected chi connectivity index (χ3v) is 5.05. The van der Waals surface area contributed by atoms with E-state index in [-0.39, 0.29) is 11.9 Å². The average Bonchev–Trinajstić information content (AvgIpc) is 2.92. The fourth-order valence-electron chi connectivity index (χ4n) is 2.00. The standard InChI is InChI=1S/C16H19BrN2O2S/c1-11(19(2)10-12-8-9-15(17)22-12)16(20)18-13-6-4-5-7-14(13)21-3/h4-9,11H,10H2,1-3H3,(H,18,20)/t11-/m0/s1. The molecule has 6 heteroatoms. The van der Waals surface area contributed by atoms with Crippen LogP contribution in [-0.4, -0.2) is 31.0 Å². The molecule has 4 nitrogen and oxygen atoms in total. The van der Waals surface area contributed by atoms with Crippen LogP contribution in [0.2, 0.25) is 0 Å². The number of nitrogens with one attached hydrogen (secondary N) is 1. The van der Waals surface area contributed by atoms with Gasteiger partial charge in [-0.15, -0.1) is 11.3 Å². The van der Waals surface area contributed by atoms with E-state index < -0.39 is 0 Å². The number of para-hydroxylation sites is 2. The van der Waals surface area contributed by atoms with Crippen molar-refractivity contribution in [2.75, 3.05) is 19.5 Å². The van der Waals surface area contributed by atoms with Gasteiger partial charge in [-0.3, -0.25) is 9.69 Å². The Morgan fingerprint density at radius 1 is 1.36 bits per heavy atom. The predicted octanol–water partition coefficient (Wildman–Crippen LogP) is 3.98. The van der Waals surface area contributed by atoms with Gasteiger partial charge in [0.15, 0.2) is 0 Å². The van der Waals surface area contributed by atoms with Crippen LogP contribution in [0, 0.1) is 0 Å². The van der Waals surface area contributed by atoms with Gasteiger partial charge < -0.3 is 10.1 Å². The molecule has 118 valence electrons. The second-order valence-corrected chi connectivity index (χ2v) is 7.53. The minimum Gasteiger partial charge on any atom is -0.495 e. The van der Waals surface area contributed by atoms with E-state index in [4.69, 9.17) is 4.74 Å². The number of amides is 1. The second kappa shape index (κ2) is 7.76. The van der Waals surface area contributed by atoms with Crippen LogP contribution in [-0.2, 0) is 11.3 Å². The predicted molar refractivity (Wildman–Crippen MR) is 94.6 cm³/mol. The maximum absolute atomic E-state index is 12.4. The fraction of sp³-hybridized carbons (Fsp3) is 0.312. The summed E-state index contributed by atoms with van der Waals surface area (Å²) in [5.74, 6) is 0.607. The van der Waals surface area contributed by atoms with E-state index in [1.807, 2.05) is 49.2 Å². The van der Waals surface area contributed by atoms with E-state index in [9.17, 15) is 4.79 Å². The van der Waals surface area contributed by atoms with Gasteiger partial charge in [-0.2, -0.15) is 0 Å². The minimum atomic E-state index is -0.245. The van der Waals surface area contributed by atoms with Crippen molar-refractivity contribution >= 4 is 38.9 Å². The third-order valence-electron chi connectivity index (χ3n) is 3.44. The molecular weight excluding hydrogens is 364 g/mol. The zero-order valence-electron chi connectivity index (χ0n) is 12.8. The molecule has 0 fully saturated rings. The van der Waals surface area contributed by atoms with Gasteiger partial charge in [0.1, 0.15) is 5.75 Å². The van der Waals surface area contributed by atoms with E-state index >= 15 is 0 Å². The van der Waals surface area contributed by atoms with Crippen LogP contribution in [0.5, 0.6) is 5.75 Å². The first-order chi connectivity index (χ1) is 10.5. The summed E-state index contributed by atoms with van der Waals surface area (Å²) in [6, 6.07) is 11.2. The second-order valence-electron chi connectivity index (χ2n) is 4.99. The van der Waals surface area contributed by atoms with Crippen molar-refractivity contribution in [1.82, 2.24) is 4.90 Å². The van der Waals surface area contributed by atoms with Crippen molar-refractivity contribution in [1.29, 1.82) is 0 Å². The van der Waals surface area contributed by atoms with Crippen LogP contribution in [0.25, 0.3) is 0 Å². The SMILES string of the molecule is COc1ccccc1NC(=O)[C@H](C)N(C)Cc1ccc(Br)s1. The van der Waals surface area contributed by atoms with Crippen molar-refractivity contribution < 1.29 is 9.53 Å². The van der Waals surface area contributed by atoms with Gasteiger partial charge in [0.05, 0.1) is 22.6 Å². The summed E-state index contributed by atoms with van der Waals surface area (Å²) in [4.78, 5) is 15.6. The molecule has 0 saturated carbocycles. The molecule has 22 heavy (non-hydrogen) atoms. The molecule has 1 heterocycles. The molecule has 0 aliphatic rings. The molecule has 0 aliphatic carbocycles. The summed E-state index contributed by atoms with van der Waals surface area (Å²) in [6.07, 6.45) is 0. The molecular formula is C16H19BrN2O2S. The van der Waals surface area contributed by atoms with E-state index in [0.717, 1.165) is 10.3 Å². The number of rotatable bonds is 6. The fourth-order valence-corrected chi connectivity index (χ4v) is 3.55. The number of nitrogens with zero attached hydrogens (tertiary/aromatic N) is 1. The molecule has 2 rings (SSSR count). The van der Waals surface area contributed by atoms with Crippen molar-refractivity contribution in [3.63, 3.8) is 0 Å². The molecule has 0 saturated heterocycles. The molecule has 2 aromatic rings. The average molecular weight is 383 g/mol. The highest BCUT2D eigenvalue weighted by Crippen LogP contribution is 2.25. The molecule has 1 aromatic carbocycles. The Balaban J connectivity index is 1.99. The smallest absolute Gasteiger partial charge is 0.241 e. The number of anilines is 1. The number of thiophene rings is 1. The number of methoxy groups -OCH3 is 1.